The largest absolute Gasteiger partial charge is 0.386 e. The van der Waals surface area contributed by atoms with Gasteiger partial charge in [-0.2, -0.15) is 5.10 Å². The number of aliphatic hydroxyl groups is 1. The van der Waals surface area contributed by atoms with Gasteiger partial charge in [0.25, 0.3) is 0 Å². The van der Waals surface area contributed by atoms with E-state index in [4.69, 9.17) is 0 Å². The summed E-state index contributed by atoms with van der Waals surface area (Å²) in [5, 5.41) is 14.2. The Kier molecular flexibility index (Phi) is 3.43. The van der Waals surface area contributed by atoms with Crippen molar-refractivity contribution in [1.29, 1.82) is 0 Å². The van der Waals surface area contributed by atoms with Crippen LogP contribution in [-0.4, -0.2) is 14.9 Å². The Hall–Kier alpha value is -1.75. The summed E-state index contributed by atoms with van der Waals surface area (Å²) in [6.07, 6.45) is -0.572. The Labute approximate surface area is 104 Å². The Morgan fingerprint density at radius 1 is 1.28 bits per heavy atom. The Balaban J connectivity index is 2.18. The van der Waals surface area contributed by atoms with Crippen molar-refractivity contribution in [3.05, 3.63) is 52.9 Å². The molecule has 1 aromatic heterocycles. The molecule has 0 bridgehead atoms. The molecule has 96 valence electrons. The van der Waals surface area contributed by atoms with Crippen molar-refractivity contribution in [2.45, 2.75) is 19.4 Å². The second kappa shape index (κ2) is 4.86. The highest BCUT2D eigenvalue weighted by molar-refractivity contribution is 5.21. The van der Waals surface area contributed by atoms with Gasteiger partial charge in [0, 0.05) is 13.5 Å². The molecule has 0 saturated carbocycles. The highest BCUT2D eigenvalue weighted by atomic mass is 19.2. The minimum Gasteiger partial charge on any atom is -0.386 e. The van der Waals surface area contributed by atoms with Crippen LogP contribution >= 0.6 is 0 Å². The molecule has 18 heavy (non-hydrogen) atoms. The van der Waals surface area contributed by atoms with Crippen LogP contribution in [0.25, 0.3) is 0 Å². The van der Waals surface area contributed by atoms with Gasteiger partial charge in [0.15, 0.2) is 11.6 Å². The molecule has 0 radical (unpaired) electrons. The van der Waals surface area contributed by atoms with E-state index in [9.17, 15) is 13.9 Å². The van der Waals surface area contributed by atoms with E-state index in [1.807, 2.05) is 6.92 Å². The number of nitrogens with zero attached hydrogens (tertiary/aromatic N) is 2. The van der Waals surface area contributed by atoms with Crippen LogP contribution in [0.3, 0.4) is 0 Å². The molecule has 5 heteroatoms. The number of hydrogen-bond donors (Lipinski definition) is 1. The zero-order valence-corrected chi connectivity index (χ0v) is 10.2. The summed E-state index contributed by atoms with van der Waals surface area (Å²) in [6.45, 7) is 1.83. The van der Waals surface area contributed by atoms with Crippen LogP contribution in [0.2, 0.25) is 0 Å². The van der Waals surface area contributed by atoms with E-state index in [1.54, 1.807) is 17.8 Å². The van der Waals surface area contributed by atoms with Gasteiger partial charge in [0.2, 0.25) is 0 Å². The molecular weight excluding hydrogens is 238 g/mol. The normalized spacial score (nSPS) is 12.7. The van der Waals surface area contributed by atoms with E-state index in [0.717, 1.165) is 17.8 Å². The topological polar surface area (TPSA) is 38.0 Å². The van der Waals surface area contributed by atoms with E-state index >= 15 is 0 Å². The first-order chi connectivity index (χ1) is 8.47. The smallest absolute Gasteiger partial charge is 0.159 e. The first-order valence-corrected chi connectivity index (χ1v) is 5.60. The van der Waals surface area contributed by atoms with E-state index in [1.165, 1.54) is 6.07 Å². The fourth-order valence-electron chi connectivity index (χ4n) is 1.94. The van der Waals surface area contributed by atoms with Crippen LogP contribution in [0.1, 0.15) is 23.1 Å². The molecule has 0 aliphatic heterocycles. The van der Waals surface area contributed by atoms with Gasteiger partial charge < -0.3 is 5.11 Å². The molecule has 0 amide bonds. The van der Waals surface area contributed by atoms with Gasteiger partial charge in [-0.25, -0.2) is 8.78 Å². The van der Waals surface area contributed by atoms with Crippen LogP contribution in [0.15, 0.2) is 24.3 Å². The van der Waals surface area contributed by atoms with Gasteiger partial charge in [0.05, 0.1) is 17.5 Å². The average molecular weight is 252 g/mol. The third-order valence-corrected chi connectivity index (χ3v) is 2.79. The van der Waals surface area contributed by atoms with E-state index in [0.29, 0.717) is 11.3 Å². The molecule has 0 saturated heterocycles. The van der Waals surface area contributed by atoms with Crippen LogP contribution in [0.5, 0.6) is 0 Å². The Morgan fingerprint density at radius 3 is 2.56 bits per heavy atom. The van der Waals surface area contributed by atoms with Gasteiger partial charge in [0.1, 0.15) is 0 Å². The summed E-state index contributed by atoms with van der Waals surface area (Å²) in [6, 6.07) is 5.39. The van der Waals surface area contributed by atoms with Crippen molar-refractivity contribution in [2.24, 2.45) is 7.05 Å². The van der Waals surface area contributed by atoms with Gasteiger partial charge in [-0.1, -0.05) is 6.07 Å². The van der Waals surface area contributed by atoms with E-state index in [2.05, 4.69) is 5.10 Å². The van der Waals surface area contributed by atoms with Crippen molar-refractivity contribution in [2.75, 3.05) is 0 Å². The summed E-state index contributed by atoms with van der Waals surface area (Å²) in [5.41, 5.74) is 1.99. The summed E-state index contributed by atoms with van der Waals surface area (Å²) >= 11 is 0. The molecule has 0 spiro atoms. The Bertz CT molecular complexity index is 566. The minimum atomic E-state index is -0.902. The third kappa shape index (κ3) is 2.56. The van der Waals surface area contributed by atoms with Crippen molar-refractivity contribution >= 4 is 0 Å². The third-order valence-electron chi connectivity index (χ3n) is 2.79. The monoisotopic (exact) mass is 252 g/mol. The highest BCUT2D eigenvalue weighted by Crippen LogP contribution is 2.19. The lowest BCUT2D eigenvalue weighted by Crippen LogP contribution is -2.08. The maximum atomic E-state index is 13.0. The van der Waals surface area contributed by atoms with Crippen molar-refractivity contribution < 1.29 is 13.9 Å². The lowest BCUT2D eigenvalue weighted by atomic mass is 10.1. The van der Waals surface area contributed by atoms with E-state index in [-0.39, 0.29) is 6.42 Å². The first kappa shape index (κ1) is 12.7. The number of aryl methyl sites for hydroxylation is 2. The predicted molar refractivity (Wildman–Crippen MR) is 63.0 cm³/mol. The molecule has 0 fully saturated rings. The van der Waals surface area contributed by atoms with Crippen LogP contribution in [0, 0.1) is 18.6 Å². The Morgan fingerprint density at radius 2 is 2.00 bits per heavy atom. The zero-order chi connectivity index (χ0) is 13.3. The summed E-state index contributed by atoms with van der Waals surface area (Å²) in [5.74, 6) is -1.79. The maximum Gasteiger partial charge on any atom is 0.159 e. The van der Waals surface area contributed by atoms with Crippen molar-refractivity contribution in [1.82, 2.24) is 9.78 Å². The number of aromatic nitrogens is 2. The number of benzene rings is 1. The highest BCUT2D eigenvalue weighted by Gasteiger charge is 2.14. The number of halogens is 2. The van der Waals surface area contributed by atoms with Crippen molar-refractivity contribution in [3.8, 4) is 0 Å². The average Bonchev–Trinajstić information content (AvgIpc) is 2.63. The molecule has 1 atom stereocenters. The molecule has 0 aliphatic carbocycles. The van der Waals surface area contributed by atoms with E-state index < -0.39 is 17.7 Å². The molecule has 2 rings (SSSR count). The fraction of sp³-hybridized carbons (Fsp3) is 0.308. The lowest BCUT2D eigenvalue weighted by Gasteiger charge is -2.11. The molecule has 1 unspecified atom stereocenters. The minimum absolute atomic E-state index is 0.218. The van der Waals surface area contributed by atoms with Crippen LogP contribution in [-0.2, 0) is 13.5 Å². The quantitative estimate of drug-likeness (QED) is 0.910. The lowest BCUT2D eigenvalue weighted by molar-refractivity contribution is 0.168. The van der Waals surface area contributed by atoms with Gasteiger partial charge in [-0.05, 0) is 30.7 Å². The molecular formula is C13H14F2N2O. The zero-order valence-electron chi connectivity index (χ0n) is 10.2. The SMILES string of the molecule is Cc1cc(C(O)Cc2ccc(F)c(F)c2)n(C)n1. The molecule has 2 aromatic rings. The standard InChI is InChI=1S/C13H14F2N2O/c1-8-5-12(17(2)16-8)13(18)7-9-3-4-10(14)11(15)6-9/h3-6,13,18H,7H2,1-2H3. The van der Waals surface area contributed by atoms with Crippen LogP contribution in [0.4, 0.5) is 8.78 Å². The number of rotatable bonds is 3. The molecule has 1 aromatic carbocycles. The predicted octanol–water partition coefficient (Wildman–Crippen LogP) is 2.28. The summed E-state index contributed by atoms with van der Waals surface area (Å²) < 4.78 is 27.4. The fourth-order valence-corrected chi connectivity index (χ4v) is 1.94. The first-order valence-electron chi connectivity index (χ1n) is 5.60. The second-order valence-electron chi connectivity index (χ2n) is 4.30. The summed E-state index contributed by atoms with van der Waals surface area (Å²) in [4.78, 5) is 0. The maximum absolute atomic E-state index is 13.0. The number of hydrogen-bond acceptors (Lipinski definition) is 2. The van der Waals surface area contributed by atoms with Gasteiger partial charge in [-0.15, -0.1) is 0 Å². The van der Waals surface area contributed by atoms with Crippen LogP contribution < -0.4 is 0 Å². The van der Waals surface area contributed by atoms with Gasteiger partial charge >= 0.3 is 0 Å². The van der Waals surface area contributed by atoms with Crippen molar-refractivity contribution in [3.63, 3.8) is 0 Å². The number of aliphatic hydroxyl groups excluding tert-OH is 1. The molecule has 1 heterocycles. The summed E-state index contributed by atoms with van der Waals surface area (Å²) in [7, 11) is 1.73. The molecule has 0 aliphatic rings. The molecule has 1 N–H and O–H groups in total. The molecule has 3 nitrogen and oxygen atoms in total. The van der Waals surface area contributed by atoms with Gasteiger partial charge in [-0.3, -0.25) is 4.68 Å². The second-order valence-corrected chi connectivity index (χ2v) is 4.30.